The molecule has 0 aromatic rings. The molecule has 0 aliphatic carbocycles. The van der Waals surface area contributed by atoms with E-state index in [0.29, 0.717) is 6.42 Å². The van der Waals surface area contributed by atoms with Crippen molar-refractivity contribution in [3.8, 4) is 0 Å². The minimum Gasteiger partial charge on any atom is -0.389 e. The molecular formula is C8H17NO4. The summed E-state index contributed by atoms with van der Waals surface area (Å²) >= 11 is 0. The molecule has 0 saturated heterocycles. The van der Waals surface area contributed by atoms with E-state index in [1.54, 1.807) is 0 Å². The molecule has 0 aliphatic heterocycles. The molecule has 2 N–H and O–H groups in total. The van der Waals surface area contributed by atoms with E-state index in [0.717, 1.165) is 12.8 Å². The molecule has 5 nitrogen and oxygen atoms in total. The van der Waals surface area contributed by atoms with Crippen molar-refractivity contribution in [1.29, 1.82) is 0 Å². The number of nitrogens with zero attached hydrogens (tertiary/aromatic N) is 1. The molecule has 0 bridgehead atoms. The third-order valence-corrected chi connectivity index (χ3v) is 2.22. The largest absolute Gasteiger partial charge is 0.389 e. The van der Waals surface area contributed by atoms with Gasteiger partial charge in [-0.05, 0) is 6.42 Å². The van der Waals surface area contributed by atoms with Gasteiger partial charge in [0, 0.05) is 11.3 Å². The molecule has 78 valence electrons. The van der Waals surface area contributed by atoms with Gasteiger partial charge in [0.05, 0.1) is 0 Å². The van der Waals surface area contributed by atoms with Crippen LogP contribution >= 0.6 is 0 Å². The summed E-state index contributed by atoms with van der Waals surface area (Å²) in [7, 11) is 0. The first-order valence-corrected chi connectivity index (χ1v) is 4.49. The third kappa shape index (κ3) is 3.28. The summed E-state index contributed by atoms with van der Waals surface area (Å²) in [6, 6.07) is 0. The molecule has 13 heavy (non-hydrogen) atoms. The van der Waals surface area contributed by atoms with Crippen LogP contribution in [0.5, 0.6) is 0 Å². The Hall–Kier alpha value is -0.680. The van der Waals surface area contributed by atoms with Crippen LogP contribution in [0.2, 0.25) is 0 Å². The Morgan fingerprint density at radius 1 is 1.31 bits per heavy atom. The topological polar surface area (TPSA) is 83.6 Å². The molecule has 0 aromatic heterocycles. The lowest BCUT2D eigenvalue weighted by atomic mass is 9.95. The molecule has 0 saturated carbocycles. The average Bonchev–Trinajstić information content (AvgIpc) is 2.13. The Kier molecular flexibility index (Phi) is 5.57. The second-order valence-electron chi connectivity index (χ2n) is 3.25. The fraction of sp³-hybridized carbons (Fsp3) is 1.00. The second kappa shape index (κ2) is 5.88. The van der Waals surface area contributed by atoms with Gasteiger partial charge in [-0.2, -0.15) is 0 Å². The van der Waals surface area contributed by atoms with E-state index in [9.17, 15) is 10.1 Å². The van der Waals surface area contributed by atoms with Crippen molar-refractivity contribution in [2.45, 2.75) is 38.1 Å². The van der Waals surface area contributed by atoms with Gasteiger partial charge in [0.25, 0.3) is 5.54 Å². The molecule has 0 amide bonds. The molecular weight excluding hydrogens is 174 g/mol. The van der Waals surface area contributed by atoms with Gasteiger partial charge in [0.2, 0.25) is 0 Å². The van der Waals surface area contributed by atoms with Crippen LogP contribution in [-0.2, 0) is 0 Å². The van der Waals surface area contributed by atoms with E-state index in [2.05, 4.69) is 0 Å². The Bertz CT molecular complexity index is 156. The number of hydrogen-bond donors (Lipinski definition) is 2. The zero-order valence-corrected chi connectivity index (χ0v) is 7.90. The lowest BCUT2D eigenvalue weighted by Crippen LogP contribution is -2.45. The molecule has 0 unspecified atom stereocenters. The Morgan fingerprint density at radius 2 is 1.85 bits per heavy atom. The van der Waals surface area contributed by atoms with E-state index in [1.165, 1.54) is 0 Å². The molecule has 0 heterocycles. The quantitative estimate of drug-likeness (QED) is 0.350. The Morgan fingerprint density at radius 3 is 2.15 bits per heavy atom. The van der Waals surface area contributed by atoms with Gasteiger partial charge in [0.15, 0.2) is 0 Å². The van der Waals surface area contributed by atoms with Crippen LogP contribution in [0.25, 0.3) is 0 Å². The SMILES string of the molecule is CCCCCC(CO)(CO)[N+](=O)[O-]. The van der Waals surface area contributed by atoms with Crippen LogP contribution in [0.15, 0.2) is 0 Å². The maximum atomic E-state index is 10.6. The summed E-state index contributed by atoms with van der Waals surface area (Å²) in [6.07, 6.45) is 2.75. The molecule has 0 spiro atoms. The van der Waals surface area contributed by atoms with Gasteiger partial charge in [-0.25, -0.2) is 0 Å². The summed E-state index contributed by atoms with van der Waals surface area (Å²) in [6.45, 7) is 0.798. The fourth-order valence-electron chi connectivity index (χ4n) is 1.12. The maximum Gasteiger partial charge on any atom is 0.267 e. The molecule has 0 aromatic carbocycles. The molecule has 0 rings (SSSR count). The zero-order valence-electron chi connectivity index (χ0n) is 7.90. The summed E-state index contributed by atoms with van der Waals surface area (Å²) in [5, 5.41) is 28.3. The van der Waals surface area contributed by atoms with Crippen LogP contribution in [0.1, 0.15) is 32.6 Å². The first-order chi connectivity index (χ1) is 6.13. The Labute approximate surface area is 77.5 Å². The van der Waals surface area contributed by atoms with E-state index >= 15 is 0 Å². The van der Waals surface area contributed by atoms with Crippen LogP contribution in [-0.4, -0.2) is 33.9 Å². The summed E-state index contributed by atoms with van der Waals surface area (Å²) in [5.74, 6) is 0. The van der Waals surface area contributed by atoms with Crippen LogP contribution < -0.4 is 0 Å². The van der Waals surface area contributed by atoms with Gasteiger partial charge in [-0.15, -0.1) is 0 Å². The number of nitro groups is 1. The van der Waals surface area contributed by atoms with Crippen LogP contribution in [0, 0.1) is 10.1 Å². The summed E-state index contributed by atoms with van der Waals surface area (Å²) in [4.78, 5) is 9.98. The predicted octanol–water partition coefficient (Wildman–Crippen LogP) is 0.567. The minimum atomic E-state index is -1.53. The number of unbranched alkanes of at least 4 members (excludes halogenated alkanes) is 2. The highest BCUT2D eigenvalue weighted by Gasteiger charge is 2.40. The van der Waals surface area contributed by atoms with Gasteiger partial charge in [-0.3, -0.25) is 10.1 Å². The standard InChI is InChI=1S/C8H17NO4/c1-2-3-4-5-8(6-10,7-11)9(12)13/h10-11H,2-7H2,1H3. The van der Waals surface area contributed by atoms with E-state index in [1.807, 2.05) is 6.92 Å². The van der Waals surface area contributed by atoms with Crippen LogP contribution in [0.3, 0.4) is 0 Å². The van der Waals surface area contributed by atoms with Crippen molar-refractivity contribution < 1.29 is 15.1 Å². The summed E-state index contributed by atoms with van der Waals surface area (Å²) < 4.78 is 0. The average molecular weight is 191 g/mol. The van der Waals surface area contributed by atoms with Crippen molar-refractivity contribution in [2.24, 2.45) is 0 Å². The van der Waals surface area contributed by atoms with Crippen molar-refractivity contribution in [3.05, 3.63) is 10.1 Å². The number of hydrogen-bond acceptors (Lipinski definition) is 4. The Balaban J connectivity index is 4.14. The molecule has 0 atom stereocenters. The fourth-order valence-corrected chi connectivity index (χ4v) is 1.12. The first kappa shape index (κ1) is 12.3. The highest BCUT2D eigenvalue weighted by molar-refractivity contribution is 4.77. The number of aliphatic hydroxyl groups is 2. The molecule has 0 radical (unpaired) electrons. The summed E-state index contributed by atoms with van der Waals surface area (Å²) in [5.41, 5.74) is -1.53. The smallest absolute Gasteiger partial charge is 0.267 e. The highest BCUT2D eigenvalue weighted by Crippen LogP contribution is 2.17. The predicted molar refractivity (Wildman–Crippen MR) is 48.0 cm³/mol. The van der Waals surface area contributed by atoms with E-state index in [4.69, 9.17) is 10.2 Å². The molecule has 5 heteroatoms. The van der Waals surface area contributed by atoms with Crippen LogP contribution in [0.4, 0.5) is 0 Å². The monoisotopic (exact) mass is 191 g/mol. The van der Waals surface area contributed by atoms with Gasteiger partial charge < -0.3 is 10.2 Å². The van der Waals surface area contributed by atoms with Crippen molar-refractivity contribution >= 4 is 0 Å². The normalized spacial score (nSPS) is 11.6. The van der Waals surface area contributed by atoms with E-state index in [-0.39, 0.29) is 6.42 Å². The maximum absolute atomic E-state index is 10.6. The second-order valence-corrected chi connectivity index (χ2v) is 3.25. The first-order valence-electron chi connectivity index (χ1n) is 4.49. The van der Waals surface area contributed by atoms with Gasteiger partial charge >= 0.3 is 0 Å². The van der Waals surface area contributed by atoms with Crippen molar-refractivity contribution in [2.75, 3.05) is 13.2 Å². The molecule has 0 aliphatic rings. The van der Waals surface area contributed by atoms with Crippen molar-refractivity contribution in [3.63, 3.8) is 0 Å². The lowest BCUT2D eigenvalue weighted by Gasteiger charge is -2.20. The van der Waals surface area contributed by atoms with Gasteiger partial charge in [0.1, 0.15) is 13.2 Å². The van der Waals surface area contributed by atoms with Gasteiger partial charge in [-0.1, -0.05) is 19.8 Å². The lowest BCUT2D eigenvalue weighted by molar-refractivity contribution is -0.578. The minimum absolute atomic E-state index is 0.237. The van der Waals surface area contributed by atoms with Crippen molar-refractivity contribution in [1.82, 2.24) is 0 Å². The third-order valence-electron chi connectivity index (χ3n) is 2.22. The molecule has 0 fully saturated rings. The zero-order chi connectivity index (χ0) is 10.3. The number of aliphatic hydroxyl groups excluding tert-OH is 2. The highest BCUT2D eigenvalue weighted by atomic mass is 16.6. The number of rotatable bonds is 7. The van der Waals surface area contributed by atoms with E-state index < -0.39 is 23.7 Å².